The minimum atomic E-state index is -0.522. The molecule has 248 valence electrons. The standard InChI is InChI=1S/C39H53N3O4/c1-36(2,3)28-16-21-33(32(23-28)37(4,5)6)46-35(44)41-30-19-14-27(15-20-30)22-26-12-17-29(18-13-26)40-34(43)45-31-24-38(7,8)42(11)39(9,10)25-31/h12-21,23,31H,22,24-25H2,1-11H3,(H,40,43)(H,41,44). The van der Waals surface area contributed by atoms with Gasteiger partial charge in [-0.25, -0.2) is 9.59 Å². The molecule has 1 aliphatic rings. The van der Waals surface area contributed by atoms with Crippen LogP contribution in [0.3, 0.4) is 0 Å². The molecule has 2 N–H and O–H groups in total. The van der Waals surface area contributed by atoms with Gasteiger partial charge in [0.2, 0.25) is 0 Å². The highest BCUT2D eigenvalue weighted by atomic mass is 16.6. The fraction of sp³-hybridized carbons (Fsp3) is 0.487. The summed E-state index contributed by atoms with van der Waals surface area (Å²) in [5.41, 5.74) is 5.45. The minimum Gasteiger partial charge on any atom is -0.446 e. The number of carbonyl (C=O) groups is 2. The lowest BCUT2D eigenvalue weighted by atomic mass is 9.79. The number of likely N-dealkylation sites (tertiary alicyclic amines) is 1. The number of amides is 2. The van der Waals surface area contributed by atoms with Crippen LogP contribution in [0.5, 0.6) is 5.75 Å². The summed E-state index contributed by atoms with van der Waals surface area (Å²) in [6.07, 6.45) is 1.21. The van der Waals surface area contributed by atoms with Gasteiger partial charge in [0.1, 0.15) is 11.9 Å². The van der Waals surface area contributed by atoms with E-state index in [1.165, 1.54) is 5.56 Å². The van der Waals surface area contributed by atoms with Crippen LogP contribution in [-0.4, -0.2) is 41.3 Å². The van der Waals surface area contributed by atoms with E-state index in [0.29, 0.717) is 23.5 Å². The fourth-order valence-corrected chi connectivity index (χ4v) is 6.22. The second kappa shape index (κ2) is 13.1. The maximum Gasteiger partial charge on any atom is 0.417 e. The fourth-order valence-electron chi connectivity index (χ4n) is 6.22. The van der Waals surface area contributed by atoms with Crippen molar-refractivity contribution in [2.45, 2.75) is 117 Å². The molecular formula is C39H53N3O4. The van der Waals surface area contributed by atoms with Crippen LogP contribution in [0.25, 0.3) is 0 Å². The quantitative estimate of drug-likeness (QED) is 0.284. The van der Waals surface area contributed by atoms with E-state index >= 15 is 0 Å². The molecule has 0 spiro atoms. The Morgan fingerprint density at radius 1 is 0.739 bits per heavy atom. The number of hydrogen-bond donors (Lipinski definition) is 2. The summed E-state index contributed by atoms with van der Waals surface area (Å²) in [6.45, 7) is 21.6. The third-order valence-electron chi connectivity index (χ3n) is 9.21. The van der Waals surface area contributed by atoms with Crippen molar-refractivity contribution in [1.29, 1.82) is 0 Å². The summed E-state index contributed by atoms with van der Waals surface area (Å²) in [7, 11) is 2.14. The molecule has 0 bridgehead atoms. The van der Waals surface area contributed by atoms with Gasteiger partial charge in [-0.2, -0.15) is 0 Å². The molecule has 1 aliphatic heterocycles. The Morgan fingerprint density at radius 3 is 1.67 bits per heavy atom. The molecule has 0 aromatic heterocycles. The molecule has 2 amide bonds. The van der Waals surface area contributed by atoms with Crippen molar-refractivity contribution in [3.05, 3.63) is 89.0 Å². The molecule has 3 aromatic rings. The number of nitrogens with zero attached hydrogens (tertiary/aromatic N) is 1. The van der Waals surface area contributed by atoms with Crippen LogP contribution in [0.1, 0.15) is 104 Å². The highest BCUT2D eigenvalue weighted by molar-refractivity contribution is 5.86. The van der Waals surface area contributed by atoms with Crippen LogP contribution >= 0.6 is 0 Å². The Balaban J connectivity index is 1.30. The van der Waals surface area contributed by atoms with Gasteiger partial charge in [-0.3, -0.25) is 15.5 Å². The van der Waals surface area contributed by atoms with E-state index in [9.17, 15) is 9.59 Å². The van der Waals surface area contributed by atoms with Gasteiger partial charge in [-0.05, 0) is 99.0 Å². The first kappa shape index (κ1) is 35.0. The molecule has 1 heterocycles. The summed E-state index contributed by atoms with van der Waals surface area (Å²) < 4.78 is 11.6. The van der Waals surface area contributed by atoms with Gasteiger partial charge in [0.05, 0.1) is 0 Å². The van der Waals surface area contributed by atoms with Crippen molar-refractivity contribution in [3.8, 4) is 5.75 Å². The molecule has 4 rings (SSSR count). The normalized spacial score (nSPS) is 16.8. The van der Waals surface area contributed by atoms with E-state index in [1.54, 1.807) is 0 Å². The molecule has 7 nitrogen and oxygen atoms in total. The predicted molar refractivity (Wildman–Crippen MR) is 188 cm³/mol. The molecule has 1 saturated heterocycles. The Morgan fingerprint density at radius 2 is 1.22 bits per heavy atom. The third kappa shape index (κ3) is 8.91. The lowest BCUT2D eigenvalue weighted by molar-refractivity contribution is -0.0659. The second-order valence-electron chi connectivity index (χ2n) is 16.0. The van der Waals surface area contributed by atoms with Gasteiger partial charge < -0.3 is 9.47 Å². The number of hydrogen-bond acceptors (Lipinski definition) is 5. The van der Waals surface area contributed by atoms with Crippen LogP contribution < -0.4 is 15.4 Å². The predicted octanol–water partition coefficient (Wildman–Crippen LogP) is 9.68. The van der Waals surface area contributed by atoms with Gasteiger partial charge in [0, 0.05) is 40.9 Å². The largest absolute Gasteiger partial charge is 0.446 e. The van der Waals surface area contributed by atoms with Crippen molar-refractivity contribution in [2.24, 2.45) is 0 Å². The summed E-state index contributed by atoms with van der Waals surface area (Å²) in [6, 6.07) is 21.6. The van der Waals surface area contributed by atoms with Crippen LogP contribution in [0.4, 0.5) is 21.0 Å². The molecule has 0 unspecified atom stereocenters. The number of piperidine rings is 1. The van der Waals surface area contributed by atoms with E-state index in [-0.39, 0.29) is 28.0 Å². The Hall–Kier alpha value is -3.84. The zero-order valence-electron chi connectivity index (χ0n) is 29.6. The van der Waals surface area contributed by atoms with Gasteiger partial charge in [-0.1, -0.05) is 77.9 Å². The van der Waals surface area contributed by atoms with Crippen molar-refractivity contribution in [2.75, 3.05) is 17.7 Å². The smallest absolute Gasteiger partial charge is 0.417 e. The average molecular weight is 628 g/mol. The zero-order valence-corrected chi connectivity index (χ0v) is 29.6. The van der Waals surface area contributed by atoms with Gasteiger partial charge in [0.15, 0.2) is 0 Å². The maximum atomic E-state index is 12.8. The maximum absolute atomic E-state index is 12.8. The van der Waals surface area contributed by atoms with E-state index < -0.39 is 12.2 Å². The van der Waals surface area contributed by atoms with E-state index in [1.807, 2.05) is 60.7 Å². The topological polar surface area (TPSA) is 79.9 Å². The minimum absolute atomic E-state index is 0.00275. The summed E-state index contributed by atoms with van der Waals surface area (Å²) >= 11 is 0. The first-order valence-electron chi connectivity index (χ1n) is 16.3. The monoisotopic (exact) mass is 627 g/mol. The number of anilines is 2. The number of benzene rings is 3. The number of nitrogens with one attached hydrogen (secondary N) is 2. The molecule has 3 aromatic carbocycles. The lowest BCUT2D eigenvalue weighted by Gasteiger charge is -2.53. The summed E-state index contributed by atoms with van der Waals surface area (Å²) in [4.78, 5) is 27.9. The molecule has 46 heavy (non-hydrogen) atoms. The molecule has 0 aliphatic carbocycles. The Bertz CT molecular complexity index is 1510. The highest BCUT2D eigenvalue weighted by Gasteiger charge is 2.44. The van der Waals surface area contributed by atoms with Crippen LogP contribution in [-0.2, 0) is 22.0 Å². The molecular weight excluding hydrogens is 574 g/mol. The molecule has 7 heteroatoms. The highest BCUT2D eigenvalue weighted by Crippen LogP contribution is 2.38. The number of ether oxygens (including phenoxy) is 2. The van der Waals surface area contributed by atoms with E-state index in [4.69, 9.17) is 9.47 Å². The second-order valence-corrected chi connectivity index (χ2v) is 16.0. The Labute approximate surface area is 276 Å². The van der Waals surface area contributed by atoms with Crippen LogP contribution in [0.2, 0.25) is 0 Å². The third-order valence-corrected chi connectivity index (χ3v) is 9.21. The van der Waals surface area contributed by atoms with Gasteiger partial charge in [-0.15, -0.1) is 0 Å². The summed E-state index contributed by atoms with van der Waals surface area (Å²) in [5.74, 6) is 0.565. The first-order valence-corrected chi connectivity index (χ1v) is 16.3. The van der Waals surface area contributed by atoms with Crippen LogP contribution in [0, 0.1) is 0 Å². The molecule has 0 atom stereocenters. The SMILES string of the molecule is CN1C(C)(C)CC(OC(=O)Nc2ccc(Cc3ccc(NC(=O)Oc4ccc(C(C)(C)C)cc4C(C)(C)C)cc3)cc2)CC1(C)C. The van der Waals surface area contributed by atoms with E-state index in [2.05, 4.69) is 97.9 Å². The average Bonchev–Trinajstić information content (AvgIpc) is 2.92. The molecule has 0 saturated carbocycles. The number of rotatable bonds is 6. The molecule has 0 radical (unpaired) electrons. The van der Waals surface area contributed by atoms with Gasteiger partial charge in [0.25, 0.3) is 0 Å². The van der Waals surface area contributed by atoms with Gasteiger partial charge >= 0.3 is 12.2 Å². The van der Waals surface area contributed by atoms with Crippen molar-refractivity contribution >= 4 is 23.6 Å². The number of carbonyl (C=O) groups excluding carboxylic acids is 2. The van der Waals surface area contributed by atoms with E-state index in [0.717, 1.165) is 29.5 Å². The lowest BCUT2D eigenvalue weighted by Crippen LogP contribution is -2.60. The molecule has 1 fully saturated rings. The first-order chi connectivity index (χ1) is 21.2. The van der Waals surface area contributed by atoms with Crippen molar-refractivity contribution < 1.29 is 19.1 Å². The summed E-state index contributed by atoms with van der Waals surface area (Å²) in [5, 5.41) is 5.74. The van der Waals surface area contributed by atoms with Crippen molar-refractivity contribution in [3.63, 3.8) is 0 Å². The van der Waals surface area contributed by atoms with Crippen molar-refractivity contribution in [1.82, 2.24) is 4.90 Å². The Kier molecular flexibility index (Phi) is 9.98. The zero-order chi connectivity index (χ0) is 34.1. The van der Waals surface area contributed by atoms with Crippen LogP contribution in [0.15, 0.2) is 66.7 Å².